The molecule has 84 valence electrons. The third-order valence-electron chi connectivity index (χ3n) is 2.13. The van der Waals surface area contributed by atoms with Crippen LogP contribution in [0.5, 0.6) is 0 Å². The van der Waals surface area contributed by atoms with E-state index in [2.05, 4.69) is 0 Å². The molecule has 0 aromatic carbocycles. The van der Waals surface area contributed by atoms with E-state index in [-0.39, 0.29) is 5.91 Å². The van der Waals surface area contributed by atoms with Crippen LogP contribution in [0, 0.1) is 0 Å². The van der Waals surface area contributed by atoms with Crippen molar-refractivity contribution in [2.75, 3.05) is 26.2 Å². The zero-order chi connectivity index (χ0) is 11.0. The molecule has 0 saturated carbocycles. The second kappa shape index (κ2) is 7.73. The summed E-state index contributed by atoms with van der Waals surface area (Å²) in [6.07, 6.45) is 1.43. The monoisotopic (exact) mass is 202 g/mol. The molecule has 0 aliphatic rings. The van der Waals surface area contributed by atoms with Gasteiger partial charge in [-0.05, 0) is 26.3 Å². The summed E-state index contributed by atoms with van der Waals surface area (Å²) in [4.78, 5) is 13.4. The normalized spacial score (nSPS) is 12.6. The van der Waals surface area contributed by atoms with Crippen LogP contribution in [-0.2, 0) is 4.79 Å². The summed E-state index contributed by atoms with van der Waals surface area (Å²) in [5.41, 5.74) is 16.5. The third-order valence-corrected chi connectivity index (χ3v) is 2.13. The first-order valence-corrected chi connectivity index (χ1v) is 5.11. The second-order valence-electron chi connectivity index (χ2n) is 3.24. The first-order valence-electron chi connectivity index (χ1n) is 5.11. The Morgan fingerprint density at radius 1 is 1.36 bits per heavy atom. The minimum atomic E-state index is -0.426. The summed E-state index contributed by atoms with van der Waals surface area (Å²) < 4.78 is 0. The molecule has 6 N–H and O–H groups in total. The van der Waals surface area contributed by atoms with Crippen LogP contribution in [0.1, 0.15) is 19.8 Å². The molecule has 0 aromatic rings. The van der Waals surface area contributed by atoms with E-state index in [1.165, 1.54) is 0 Å². The summed E-state index contributed by atoms with van der Waals surface area (Å²) in [7, 11) is 0. The molecule has 0 fully saturated rings. The molecule has 0 aromatic heterocycles. The molecule has 0 unspecified atom stereocenters. The quantitative estimate of drug-likeness (QED) is 0.486. The summed E-state index contributed by atoms with van der Waals surface area (Å²) in [5, 5.41) is 0. The van der Waals surface area contributed by atoms with Crippen molar-refractivity contribution in [1.29, 1.82) is 0 Å². The molecule has 0 aliphatic carbocycles. The van der Waals surface area contributed by atoms with Gasteiger partial charge in [0.2, 0.25) is 5.91 Å². The third kappa shape index (κ3) is 4.55. The molecule has 5 nitrogen and oxygen atoms in total. The van der Waals surface area contributed by atoms with Crippen molar-refractivity contribution >= 4 is 5.91 Å². The number of carbonyl (C=O) groups excluding carboxylic acids is 1. The van der Waals surface area contributed by atoms with E-state index in [1.807, 2.05) is 6.92 Å². The van der Waals surface area contributed by atoms with Gasteiger partial charge < -0.3 is 22.1 Å². The minimum absolute atomic E-state index is 0.0219. The fraction of sp³-hybridized carbons (Fsp3) is 0.889. The van der Waals surface area contributed by atoms with Crippen molar-refractivity contribution in [1.82, 2.24) is 4.90 Å². The molecule has 0 bridgehead atoms. The van der Waals surface area contributed by atoms with Gasteiger partial charge in [-0.15, -0.1) is 0 Å². The molecule has 0 rings (SSSR count). The van der Waals surface area contributed by atoms with Crippen LogP contribution in [0.3, 0.4) is 0 Å². The lowest BCUT2D eigenvalue weighted by molar-refractivity contribution is -0.132. The predicted octanol–water partition coefficient (Wildman–Crippen LogP) is -1.14. The smallest absolute Gasteiger partial charge is 0.239 e. The highest BCUT2D eigenvalue weighted by molar-refractivity contribution is 5.81. The lowest BCUT2D eigenvalue weighted by atomic mass is 10.1. The Morgan fingerprint density at radius 3 is 2.43 bits per heavy atom. The van der Waals surface area contributed by atoms with Crippen molar-refractivity contribution in [2.24, 2.45) is 17.2 Å². The highest BCUT2D eigenvalue weighted by Gasteiger charge is 2.18. The maximum absolute atomic E-state index is 11.7. The number of nitrogens with zero attached hydrogens (tertiary/aromatic N) is 1. The zero-order valence-electron chi connectivity index (χ0n) is 8.91. The Balaban J connectivity index is 3.99. The number of hydrogen-bond acceptors (Lipinski definition) is 4. The van der Waals surface area contributed by atoms with Gasteiger partial charge in [0.25, 0.3) is 0 Å². The highest BCUT2D eigenvalue weighted by Crippen LogP contribution is 1.99. The first kappa shape index (κ1) is 13.4. The van der Waals surface area contributed by atoms with Crippen LogP contribution in [0.25, 0.3) is 0 Å². The fourth-order valence-corrected chi connectivity index (χ4v) is 1.28. The van der Waals surface area contributed by atoms with Gasteiger partial charge in [0, 0.05) is 19.6 Å². The fourth-order valence-electron chi connectivity index (χ4n) is 1.28. The number of nitrogens with two attached hydrogens (primary N) is 3. The first-order chi connectivity index (χ1) is 6.67. The van der Waals surface area contributed by atoms with Crippen LogP contribution < -0.4 is 17.2 Å². The topological polar surface area (TPSA) is 98.4 Å². The number of likely N-dealkylation sites (N-methyl/N-ethyl adjacent to an activating group) is 1. The Hall–Kier alpha value is -0.650. The van der Waals surface area contributed by atoms with Crippen LogP contribution in [0.4, 0.5) is 0 Å². The SMILES string of the molecule is CCN(CCN)C(=O)[C@@H](N)CCCN. The molecule has 0 aliphatic heterocycles. The van der Waals surface area contributed by atoms with Crippen LogP contribution in [0.15, 0.2) is 0 Å². The largest absolute Gasteiger partial charge is 0.340 e. The highest BCUT2D eigenvalue weighted by atomic mass is 16.2. The maximum atomic E-state index is 11.7. The van der Waals surface area contributed by atoms with Gasteiger partial charge in [-0.25, -0.2) is 0 Å². The Bertz CT molecular complexity index is 163. The molecular weight excluding hydrogens is 180 g/mol. The van der Waals surface area contributed by atoms with E-state index in [0.717, 1.165) is 6.42 Å². The minimum Gasteiger partial charge on any atom is -0.340 e. The van der Waals surface area contributed by atoms with Crippen molar-refractivity contribution in [3.05, 3.63) is 0 Å². The van der Waals surface area contributed by atoms with Crippen molar-refractivity contribution in [2.45, 2.75) is 25.8 Å². The standard InChI is InChI=1S/C9H22N4O/c1-2-13(7-6-11)9(14)8(12)4-3-5-10/h8H,2-7,10-12H2,1H3/t8-/m0/s1. The average Bonchev–Trinajstić information content (AvgIpc) is 2.21. The van der Waals surface area contributed by atoms with Gasteiger partial charge in [-0.2, -0.15) is 0 Å². The molecule has 0 heterocycles. The maximum Gasteiger partial charge on any atom is 0.239 e. The summed E-state index contributed by atoms with van der Waals surface area (Å²) in [6.45, 7) is 4.20. The van der Waals surface area contributed by atoms with Crippen molar-refractivity contribution in [3.63, 3.8) is 0 Å². The van der Waals surface area contributed by atoms with E-state index >= 15 is 0 Å². The van der Waals surface area contributed by atoms with E-state index in [0.29, 0.717) is 32.6 Å². The molecular formula is C9H22N4O. The molecule has 0 saturated heterocycles. The van der Waals surface area contributed by atoms with Crippen molar-refractivity contribution < 1.29 is 4.79 Å². The van der Waals surface area contributed by atoms with Crippen LogP contribution in [-0.4, -0.2) is 43.0 Å². The van der Waals surface area contributed by atoms with Gasteiger partial charge in [0.05, 0.1) is 6.04 Å². The molecule has 14 heavy (non-hydrogen) atoms. The van der Waals surface area contributed by atoms with Gasteiger partial charge in [-0.3, -0.25) is 4.79 Å². The molecule has 1 atom stereocenters. The Morgan fingerprint density at radius 2 is 2.00 bits per heavy atom. The summed E-state index contributed by atoms with van der Waals surface area (Å²) in [5.74, 6) is -0.0219. The molecule has 0 radical (unpaired) electrons. The lowest BCUT2D eigenvalue weighted by Crippen LogP contribution is -2.45. The van der Waals surface area contributed by atoms with E-state index in [9.17, 15) is 4.79 Å². The number of carbonyl (C=O) groups is 1. The zero-order valence-corrected chi connectivity index (χ0v) is 8.91. The number of hydrogen-bond donors (Lipinski definition) is 3. The van der Waals surface area contributed by atoms with E-state index in [4.69, 9.17) is 17.2 Å². The molecule has 1 amide bonds. The lowest BCUT2D eigenvalue weighted by Gasteiger charge is -2.23. The van der Waals surface area contributed by atoms with Gasteiger partial charge in [0.15, 0.2) is 0 Å². The van der Waals surface area contributed by atoms with Gasteiger partial charge >= 0.3 is 0 Å². The molecule has 0 spiro atoms. The predicted molar refractivity (Wildman–Crippen MR) is 57.6 cm³/mol. The van der Waals surface area contributed by atoms with Crippen molar-refractivity contribution in [3.8, 4) is 0 Å². The van der Waals surface area contributed by atoms with E-state index < -0.39 is 6.04 Å². The second-order valence-corrected chi connectivity index (χ2v) is 3.24. The van der Waals surface area contributed by atoms with Crippen LogP contribution >= 0.6 is 0 Å². The van der Waals surface area contributed by atoms with E-state index in [1.54, 1.807) is 4.90 Å². The number of rotatable bonds is 7. The number of amides is 1. The average molecular weight is 202 g/mol. The Labute approximate surface area is 85.6 Å². The van der Waals surface area contributed by atoms with Crippen LogP contribution in [0.2, 0.25) is 0 Å². The summed E-state index contributed by atoms with van der Waals surface area (Å²) >= 11 is 0. The van der Waals surface area contributed by atoms with Gasteiger partial charge in [0.1, 0.15) is 0 Å². The van der Waals surface area contributed by atoms with Gasteiger partial charge in [-0.1, -0.05) is 0 Å². The Kier molecular flexibility index (Phi) is 7.37. The summed E-state index contributed by atoms with van der Waals surface area (Å²) in [6, 6.07) is -0.426. The molecule has 5 heteroatoms.